The first-order valence-corrected chi connectivity index (χ1v) is 7.73. The van der Waals surface area contributed by atoms with Crippen LogP contribution in [0.5, 0.6) is 0 Å². The van der Waals surface area contributed by atoms with E-state index in [0.29, 0.717) is 12.5 Å². The molecule has 1 N–H and O–H groups in total. The second-order valence-corrected chi connectivity index (χ2v) is 6.05. The number of nitrogens with zero attached hydrogens (tertiary/aromatic N) is 4. The highest BCUT2D eigenvalue weighted by atomic mass is 16.2. The first-order chi connectivity index (χ1) is 9.65. The van der Waals surface area contributed by atoms with Crippen LogP contribution in [0.1, 0.15) is 0 Å². The SMILES string of the molecule is CN(C)CCN1CCN(C(=O)CN2CCNCC2)CC1. The summed E-state index contributed by atoms with van der Waals surface area (Å²) in [6, 6.07) is 0. The van der Waals surface area contributed by atoms with Crippen molar-refractivity contribution in [2.45, 2.75) is 0 Å². The van der Waals surface area contributed by atoms with E-state index in [1.807, 2.05) is 4.90 Å². The fourth-order valence-electron chi connectivity index (χ4n) is 2.72. The predicted octanol–water partition coefficient (Wildman–Crippen LogP) is -1.40. The number of piperazine rings is 2. The largest absolute Gasteiger partial charge is 0.339 e. The lowest BCUT2D eigenvalue weighted by Gasteiger charge is -2.36. The van der Waals surface area contributed by atoms with Crippen molar-refractivity contribution in [3.8, 4) is 0 Å². The van der Waals surface area contributed by atoms with Crippen LogP contribution in [0.4, 0.5) is 0 Å². The fraction of sp³-hybridized carbons (Fsp3) is 0.929. The number of nitrogens with one attached hydrogen (secondary N) is 1. The molecule has 6 heteroatoms. The molecule has 0 unspecified atom stereocenters. The molecule has 0 spiro atoms. The smallest absolute Gasteiger partial charge is 0.236 e. The number of carbonyl (C=O) groups excluding carboxylic acids is 1. The van der Waals surface area contributed by atoms with Gasteiger partial charge in [-0.2, -0.15) is 0 Å². The van der Waals surface area contributed by atoms with Crippen LogP contribution >= 0.6 is 0 Å². The topological polar surface area (TPSA) is 42.1 Å². The van der Waals surface area contributed by atoms with Crippen LogP contribution in [-0.2, 0) is 4.79 Å². The first-order valence-electron chi connectivity index (χ1n) is 7.73. The second-order valence-electron chi connectivity index (χ2n) is 6.05. The van der Waals surface area contributed by atoms with E-state index in [2.05, 4.69) is 34.1 Å². The van der Waals surface area contributed by atoms with Gasteiger partial charge in [0.25, 0.3) is 0 Å². The molecule has 0 aromatic carbocycles. The van der Waals surface area contributed by atoms with Crippen LogP contribution < -0.4 is 5.32 Å². The monoisotopic (exact) mass is 283 g/mol. The van der Waals surface area contributed by atoms with Gasteiger partial charge in [0.05, 0.1) is 6.54 Å². The fourth-order valence-corrected chi connectivity index (χ4v) is 2.72. The van der Waals surface area contributed by atoms with Gasteiger partial charge in [-0.25, -0.2) is 0 Å². The highest BCUT2D eigenvalue weighted by molar-refractivity contribution is 5.78. The molecule has 116 valence electrons. The van der Waals surface area contributed by atoms with Crippen molar-refractivity contribution in [2.75, 3.05) is 86.1 Å². The maximum atomic E-state index is 12.3. The molecule has 2 fully saturated rings. The normalized spacial score (nSPS) is 22.4. The van der Waals surface area contributed by atoms with E-state index in [0.717, 1.165) is 65.4 Å². The molecular weight excluding hydrogens is 254 g/mol. The van der Waals surface area contributed by atoms with Crippen LogP contribution in [-0.4, -0.2) is 112 Å². The van der Waals surface area contributed by atoms with Crippen molar-refractivity contribution in [1.29, 1.82) is 0 Å². The molecule has 2 aliphatic heterocycles. The molecule has 0 bridgehead atoms. The van der Waals surface area contributed by atoms with Gasteiger partial charge in [-0.3, -0.25) is 14.6 Å². The number of carbonyl (C=O) groups is 1. The van der Waals surface area contributed by atoms with Gasteiger partial charge in [0.2, 0.25) is 5.91 Å². The maximum absolute atomic E-state index is 12.3. The van der Waals surface area contributed by atoms with Crippen molar-refractivity contribution in [3.63, 3.8) is 0 Å². The third-order valence-electron chi connectivity index (χ3n) is 4.16. The van der Waals surface area contributed by atoms with Crippen molar-refractivity contribution in [2.24, 2.45) is 0 Å². The number of rotatable bonds is 5. The summed E-state index contributed by atoms with van der Waals surface area (Å²) in [5.74, 6) is 0.305. The standard InChI is InChI=1S/C14H29N5O/c1-16(2)7-8-17-9-11-19(12-10-17)14(20)13-18-5-3-15-4-6-18/h15H,3-13H2,1-2H3. The molecule has 0 aliphatic carbocycles. The van der Waals surface area contributed by atoms with Gasteiger partial charge in [0.15, 0.2) is 0 Å². The second kappa shape index (κ2) is 7.93. The van der Waals surface area contributed by atoms with Crippen LogP contribution in [0.2, 0.25) is 0 Å². The Balaban J connectivity index is 1.66. The zero-order chi connectivity index (χ0) is 14.4. The van der Waals surface area contributed by atoms with Crippen molar-refractivity contribution in [3.05, 3.63) is 0 Å². The third kappa shape index (κ3) is 5.01. The van der Waals surface area contributed by atoms with E-state index in [-0.39, 0.29) is 0 Å². The van der Waals surface area contributed by atoms with E-state index < -0.39 is 0 Å². The molecule has 0 aromatic rings. The molecule has 0 aromatic heterocycles. The number of hydrogen-bond donors (Lipinski definition) is 1. The Bertz CT molecular complexity index is 296. The zero-order valence-electron chi connectivity index (χ0n) is 13.0. The quantitative estimate of drug-likeness (QED) is 0.672. The molecular formula is C14H29N5O. The molecule has 0 atom stereocenters. The summed E-state index contributed by atoms with van der Waals surface area (Å²) >= 11 is 0. The van der Waals surface area contributed by atoms with Crippen LogP contribution in [0.3, 0.4) is 0 Å². The summed E-state index contributed by atoms with van der Waals surface area (Å²) in [5.41, 5.74) is 0. The molecule has 20 heavy (non-hydrogen) atoms. The van der Waals surface area contributed by atoms with Gasteiger partial charge in [-0.15, -0.1) is 0 Å². The molecule has 6 nitrogen and oxygen atoms in total. The van der Waals surface area contributed by atoms with Gasteiger partial charge in [-0.1, -0.05) is 0 Å². The number of likely N-dealkylation sites (N-methyl/N-ethyl adjacent to an activating group) is 1. The minimum absolute atomic E-state index is 0.305. The minimum Gasteiger partial charge on any atom is -0.339 e. The molecule has 2 saturated heterocycles. The van der Waals surface area contributed by atoms with Gasteiger partial charge in [0.1, 0.15) is 0 Å². The third-order valence-corrected chi connectivity index (χ3v) is 4.16. The summed E-state index contributed by atoms with van der Waals surface area (Å²) in [4.78, 5) is 21.2. The van der Waals surface area contributed by atoms with Crippen LogP contribution in [0.15, 0.2) is 0 Å². The molecule has 0 saturated carbocycles. The van der Waals surface area contributed by atoms with E-state index in [1.54, 1.807) is 0 Å². The summed E-state index contributed by atoms with van der Waals surface area (Å²) < 4.78 is 0. The average molecular weight is 283 g/mol. The lowest BCUT2D eigenvalue weighted by molar-refractivity contribution is -0.134. The molecule has 1 amide bonds. The van der Waals surface area contributed by atoms with Gasteiger partial charge >= 0.3 is 0 Å². The first kappa shape index (κ1) is 15.7. The summed E-state index contributed by atoms with van der Waals surface area (Å²) in [7, 11) is 4.21. The Morgan fingerprint density at radius 3 is 2.25 bits per heavy atom. The van der Waals surface area contributed by atoms with Crippen LogP contribution in [0, 0.1) is 0 Å². The lowest BCUT2D eigenvalue weighted by Crippen LogP contribution is -2.53. The predicted molar refractivity (Wildman–Crippen MR) is 80.9 cm³/mol. The van der Waals surface area contributed by atoms with Crippen molar-refractivity contribution >= 4 is 5.91 Å². The number of hydrogen-bond acceptors (Lipinski definition) is 5. The number of amides is 1. The summed E-state index contributed by atoms with van der Waals surface area (Å²) in [6.45, 7) is 10.6. The van der Waals surface area contributed by atoms with E-state index in [4.69, 9.17) is 0 Å². The Kier molecular flexibility index (Phi) is 6.22. The van der Waals surface area contributed by atoms with E-state index >= 15 is 0 Å². The Hall–Kier alpha value is -0.690. The van der Waals surface area contributed by atoms with Crippen molar-refractivity contribution in [1.82, 2.24) is 24.9 Å². The highest BCUT2D eigenvalue weighted by Gasteiger charge is 2.23. The Labute approximate surface area is 122 Å². The van der Waals surface area contributed by atoms with Crippen LogP contribution in [0.25, 0.3) is 0 Å². The molecule has 2 aliphatic rings. The van der Waals surface area contributed by atoms with Crippen molar-refractivity contribution < 1.29 is 4.79 Å². The van der Waals surface area contributed by atoms with E-state index in [1.165, 1.54) is 0 Å². The molecule has 2 rings (SSSR count). The minimum atomic E-state index is 0.305. The lowest BCUT2D eigenvalue weighted by atomic mass is 10.3. The van der Waals surface area contributed by atoms with Gasteiger partial charge < -0.3 is 15.1 Å². The highest BCUT2D eigenvalue weighted by Crippen LogP contribution is 2.03. The summed E-state index contributed by atoms with van der Waals surface area (Å²) in [5, 5.41) is 3.32. The maximum Gasteiger partial charge on any atom is 0.236 e. The zero-order valence-corrected chi connectivity index (χ0v) is 13.0. The Morgan fingerprint density at radius 1 is 1.00 bits per heavy atom. The Morgan fingerprint density at radius 2 is 1.65 bits per heavy atom. The molecule has 2 heterocycles. The van der Waals surface area contributed by atoms with Gasteiger partial charge in [0, 0.05) is 65.4 Å². The molecule has 0 radical (unpaired) electrons. The van der Waals surface area contributed by atoms with Gasteiger partial charge in [-0.05, 0) is 14.1 Å². The average Bonchev–Trinajstić information content (AvgIpc) is 2.46. The van der Waals surface area contributed by atoms with E-state index in [9.17, 15) is 4.79 Å². The summed E-state index contributed by atoms with van der Waals surface area (Å²) in [6.07, 6.45) is 0.